The summed E-state index contributed by atoms with van der Waals surface area (Å²) in [4.78, 5) is 0. The largest absolute Gasteiger partial charge is 0.267 e. The molecule has 3 heteroatoms. The monoisotopic (exact) mass is 267 g/mol. The maximum atomic E-state index is 9.01. The van der Waals surface area contributed by atoms with Gasteiger partial charge in [0.1, 0.15) is 0 Å². The summed E-state index contributed by atoms with van der Waals surface area (Å²) in [5, 5.41) is 13.7. The van der Waals surface area contributed by atoms with Crippen molar-refractivity contribution in [2.24, 2.45) is 0 Å². The van der Waals surface area contributed by atoms with Gasteiger partial charge in [0.2, 0.25) is 0 Å². The van der Waals surface area contributed by atoms with Crippen LogP contribution in [0.4, 0.5) is 0 Å². The molecule has 0 fully saturated rings. The van der Waals surface area contributed by atoms with Crippen molar-refractivity contribution in [1.82, 2.24) is 9.78 Å². The van der Waals surface area contributed by atoms with Gasteiger partial charge in [0, 0.05) is 17.3 Å². The van der Waals surface area contributed by atoms with Gasteiger partial charge in [-0.1, -0.05) is 12.1 Å². The Kier molecular flexibility index (Phi) is 3.67. The first-order valence-corrected chi connectivity index (χ1v) is 6.86. The van der Waals surface area contributed by atoms with Gasteiger partial charge in [-0.25, -0.2) is 0 Å². The molecule has 0 aliphatic carbocycles. The summed E-state index contributed by atoms with van der Waals surface area (Å²) >= 11 is 0. The van der Waals surface area contributed by atoms with Gasteiger partial charge in [0.05, 0.1) is 23.7 Å². The number of hydrogen-bond acceptors (Lipinski definition) is 2. The van der Waals surface area contributed by atoms with E-state index in [0.717, 1.165) is 16.8 Å². The molecule has 0 spiro atoms. The molecule has 0 N–H and O–H groups in total. The third-order valence-electron chi connectivity index (χ3n) is 3.53. The van der Waals surface area contributed by atoms with Crippen LogP contribution in [0, 0.1) is 25.2 Å². The highest BCUT2D eigenvalue weighted by Crippen LogP contribution is 2.27. The lowest BCUT2D eigenvalue weighted by molar-refractivity contribution is 0.356. The Bertz CT molecular complexity index is 667. The van der Waals surface area contributed by atoms with Crippen LogP contribution in [0.2, 0.25) is 0 Å². The molecular weight excluding hydrogens is 246 g/mol. The van der Waals surface area contributed by atoms with Gasteiger partial charge >= 0.3 is 0 Å². The van der Waals surface area contributed by atoms with E-state index >= 15 is 0 Å². The number of hydrogen-bond donors (Lipinski definition) is 0. The topological polar surface area (TPSA) is 41.6 Å². The fourth-order valence-corrected chi connectivity index (χ4v) is 2.10. The van der Waals surface area contributed by atoms with Crippen molar-refractivity contribution in [3.8, 4) is 17.3 Å². The molecule has 3 nitrogen and oxygen atoms in total. The number of aryl methyl sites for hydroxylation is 2. The summed E-state index contributed by atoms with van der Waals surface area (Å²) in [5.41, 5.74) is 5.43. The molecule has 0 saturated carbocycles. The van der Waals surface area contributed by atoms with Gasteiger partial charge in [-0.15, -0.1) is 0 Å². The van der Waals surface area contributed by atoms with E-state index in [4.69, 9.17) is 10.4 Å². The Morgan fingerprint density at radius 3 is 2.45 bits per heavy atom. The average Bonchev–Trinajstić information content (AvgIpc) is 2.77. The van der Waals surface area contributed by atoms with Gasteiger partial charge in [0.15, 0.2) is 0 Å². The lowest BCUT2D eigenvalue weighted by Gasteiger charge is -2.18. The van der Waals surface area contributed by atoms with E-state index in [1.165, 1.54) is 11.1 Å². The van der Waals surface area contributed by atoms with Crippen LogP contribution in [-0.4, -0.2) is 9.78 Å². The molecule has 1 aromatic carbocycles. The Morgan fingerprint density at radius 2 is 1.90 bits per heavy atom. The van der Waals surface area contributed by atoms with Crippen molar-refractivity contribution in [1.29, 1.82) is 5.26 Å². The number of rotatable bonds is 2. The van der Waals surface area contributed by atoms with E-state index in [0.29, 0.717) is 6.42 Å². The van der Waals surface area contributed by atoms with E-state index in [9.17, 15) is 0 Å². The Labute approximate surface area is 120 Å². The molecule has 2 aromatic rings. The molecular formula is C17H21N3. The fraction of sp³-hybridized carbons (Fsp3) is 0.412. The van der Waals surface area contributed by atoms with Crippen molar-refractivity contribution in [3.63, 3.8) is 0 Å². The zero-order chi connectivity index (χ0) is 14.9. The number of benzene rings is 1. The van der Waals surface area contributed by atoms with Crippen LogP contribution in [0.5, 0.6) is 0 Å². The molecule has 104 valence electrons. The lowest BCUT2D eigenvalue weighted by Crippen LogP contribution is -2.22. The molecule has 0 aliphatic heterocycles. The van der Waals surface area contributed by atoms with E-state index < -0.39 is 0 Å². The van der Waals surface area contributed by atoms with Crippen LogP contribution < -0.4 is 0 Å². The van der Waals surface area contributed by atoms with Crippen LogP contribution in [0.1, 0.15) is 37.5 Å². The lowest BCUT2D eigenvalue weighted by atomic mass is 10.0. The summed E-state index contributed by atoms with van der Waals surface area (Å²) < 4.78 is 1.95. The van der Waals surface area contributed by atoms with Crippen molar-refractivity contribution < 1.29 is 0 Å². The average molecular weight is 267 g/mol. The van der Waals surface area contributed by atoms with Gasteiger partial charge in [0.25, 0.3) is 0 Å². The molecule has 0 saturated heterocycles. The zero-order valence-corrected chi connectivity index (χ0v) is 12.9. The van der Waals surface area contributed by atoms with Crippen molar-refractivity contribution in [3.05, 3.63) is 41.1 Å². The predicted octanol–water partition coefficient (Wildman–Crippen LogP) is 3.99. The maximum absolute atomic E-state index is 9.01. The van der Waals surface area contributed by atoms with E-state index in [1.54, 1.807) is 0 Å². The Morgan fingerprint density at radius 1 is 1.20 bits per heavy atom. The third-order valence-corrected chi connectivity index (χ3v) is 3.53. The molecule has 1 aromatic heterocycles. The van der Waals surface area contributed by atoms with E-state index in [1.807, 2.05) is 10.9 Å². The highest BCUT2D eigenvalue weighted by molar-refractivity contribution is 5.64. The molecule has 0 radical (unpaired) electrons. The molecule has 1 heterocycles. The summed E-state index contributed by atoms with van der Waals surface area (Å²) in [5.74, 6) is 0. The number of nitriles is 1. The highest BCUT2D eigenvalue weighted by Gasteiger charge is 2.19. The molecule has 2 rings (SSSR count). The van der Waals surface area contributed by atoms with Crippen LogP contribution in [0.15, 0.2) is 24.4 Å². The summed E-state index contributed by atoms with van der Waals surface area (Å²) in [7, 11) is 0. The summed E-state index contributed by atoms with van der Waals surface area (Å²) in [6, 6.07) is 8.57. The van der Waals surface area contributed by atoms with Crippen LogP contribution in [0.25, 0.3) is 11.3 Å². The first-order valence-electron chi connectivity index (χ1n) is 6.86. The van der Waals surface area contributed by atoms with Crippen molar-refractivity contribution in [2.45, 2.75) is 46.6 Å². The Balaban J connectivity index is 2.57. The normalized spacial score (nSPS) is 11.4. The quantitative estimate of drug-likeness (QED) is 0.825. The summed E-state index contributed by atoms with van der Waals surface area (Å²) in [6.45, 7) is 10.5. The van der Waals surface area contributed by atoms with Crippen molar-refractivity contribution >= 4 is 0 Å². The smallest absolute Gasteiger partial charge is 0.0965 e. The van der Waals surface area contributed by atoms with Gasteiger partial charge in [-0.05, 0) is 51.8 Å². The SMILES string of the molecule is Cc1ccc(-c2nn(C(C)(C)C)cc2CC#N)cc1C. The number of aromatic nitrogens is 2. The standard InChI is InChI=1S/C17H21N3/c1-12-6-7-14(10-13(12)2)16-15(8-9-18)11-20(19-16)17(3,4)5/h6-7,10-11H,8H2,1-5H3. The second-order valence-electron chi connectivity index (χ2n) is 6.25. The van der Waals surface area contributed by atoms with Gasteiger partial charge in [-0.2, -0.15) is 10.4 Å². The first kappa shape index (κ1) is 14.3. The van der Waals surface area contributed by atoms with Gasteiger partial charge < -0.3 is 0 Å². The zero-order valence-electron chi connectivity index (χ0n) is 12.9. The van der Waals surface area contributed by atoms with E-state index in [-0.39, 0.29) is 5.54 Å². The number of nitrogens with zero attached hydrogens (tertiary/aromatic N) is 3. The summed E-state index contributed by atoms with van der Waals surface area (Å²) in [6.07, 6.45) is 2.38. The molecule has 0 aliphatic rings. The van der Waals surface area contributed by atoms with Gasteiger partial charge in [-0.3, -0.25) is 4.68 Å². The highest BCUT2D eigenvalue weighted by atomic mass is 15.3. The Hall–Kier alpha value is -2.08. The maximum Gasteiger partial charge on any atom is 0.0965 e. The van der Waals surface area contributed by atoms with Crippen molar-refractivity contribution in [2.75, 3.05) is 0 Å². The molecule has 0 amide bonds. The van der Waals surface area contributed by atoms with Crippen LogP contribution in [0.3, 0.4) is 0 Å². The van der Waals surface area contributed by atoms with Crippen LogP contribution in [-0.2, 0) is 12.0 Å². The minimum atomic E-state index is -0.0812. The van der Waals surface area contributed by atoms with Crippen LogP contribution >= 0.6 is 0 Å². The first-order chi connectivity index (χ1) is 9.32. The molecule has 0 bridgehead atoms. The van der Waals surface area contributed by atoms with E-state index in [2.05, 4.69) is 58.9 Å². The minimum Gasteiger partial charge on any atom is -0.267 e. The second kappa shape index (κ2) is 5.13. The second-order valence-corrected chi connectivity index (χ2v) is 6.25. The minimum absolute atomic E-state index is 0.0812. The molecule has 0 atom stereocenters. The third kappa shape index (κ3) is 2.75. The molecule has 20 heavy (non-hydrogen) atoms. The fourth-order valence-electron chi connectivity index (χ4n) is 2.10. The predicted molar refractivity (Wildman–Crippen MR) is 81.5 cm³/mol. The molecule has 0 unspecified atom stereocenters.